The number of rotatable bonds is 2. The molecule has 154 valence electrons. The Balaban J connectivity index is 1.59. The minimum Gasteiger partial charge on any atom is -0.379 e. The summed E-state index contributed by atoms with van der Waals surface area (Å²) >= 11 is 0. The molecule has 0 saturated carbocycles. The normalized spacial score (nSPS) is 20.6. The lowest BCUT2D eigenvalue weighted by Gasteiger charge is -2.36. The van der Waals surface area contributed by atoms with Crippen molar-refractivity contribution < 1.29 is 4.79 Å². The Bertz CT molecular complexity index is 1120. The maximum Gasteiger partial charge on any atom is 0.226 e. The highest BCUT2D eigenvalue weighted by atomic mass is 16.1. The predicted molar refractivity (Wildman–Crippen MR) is 121 cm³/mol. The Morgan fingerprint density at radius 1 is 1.10 bits per heavy atom. The highest BCUT2D eigenvalue weighted by molar-refractivity contribution is 6.00. The second kappa shape index (κ2) is 7.20. The minimum atomic E-state index is 0.0553. The molecule has 0 aliphatic carbocycles. The molecule has 0 unspecified atom stereocenters. The molecule has 2 aromatic carbocycles. The zero-order valence-corrected chi connectivity index (χ0v) is 17.6. The van der Waals surface area contributed by atoms with Crippen molar-refractivity contribution >= 4 is 28.7 Å². The van der Waals surface area contributed by atoms with Crippen LogP contribution in [0.1, 0.15) is 38.2 Å². The SMILES string of the molecule is C[C@@H]1CC(=O)Nc2cccc(N3CC[C@@H](C)c4cc(-c5cnn(C)c5)ccc43)c2N1. The number of carbonyl (C=O) groups is 1. The van der Waals surface area contributed by atoms with E-state index in [0.717, 1.165) is 35.6 Å². The molecular weight excluding hydrogens is 374 g/mol. The molecule has 3 aromatic rings. The molecule has 2 aliphatic rings. The van der Waals surface area contributed by atoms with Gasteiger partial charge in [0.1, 0.15) is 0 Å². The number of hydrogen-bond donors (Lipinski definition) is 2. The van der Waals surface area contributed by atoms with E-state index >= 15 is 0 Å². The van der Waals surface area contributed by atoms with Gasteiger partial charge in [-0.1, -0.05) is 19.1 Å². The second-order valence-electron chi connectivity index (χ2n) is 8.52. The number of amides is 1. The molecule has 30 heavy (non-hydrogen) atoms. The topological polar surface area (TPSA) is 62.2 Å². The first-order chi connectivity index (χ1) is 14.5. The number of anilines is 4. The maximum atomic E-state index is 12.2. The summed E-state index contributed by atoms with van der Waals surface area (Å²) in [5, 5.41) is 10.9. The largest absolute Gasteiger partial charge is 0.379 e. The number of benzene rings is 2. The van der Waals surface area contributed by atoms with Crippen molar-refractivity contribution in [2.24, 2.45) is 7.05 Å². The summed E-state index contributed by atoms with van der Waals surface area (Å²) in [6, 6.07) is 12.9. The van der Waals surface area contributed by atoms with E-state index in [1.165, 1.54) is 16.8 Å². The minimum absolute atomic E-state index is 0.0553. The fraction of sp³-hybridized carbons (Fsp3) is 0.333. The van der Waals surface area contributed by atoms with Crippen LogP contribution in [0.25, 0.3) is 11.1 Å². The van der Waals surface area contributed by atoms with Crippen LogP contribution in [0.5, 0.6) is 0 Å². The molecule has 0 spiro atoms. The third-order valence-electron chi connectivity index (χ3n) is 6.16. The first-order valence-electron chi connectivity index (χ1n) is 10.6. The molecule has 2 aliphatic heterocycles. The number of nitrogens with zero attached hydrogens (tertiary/aromatic N) is 3. The molecule has 1 aromatic heterocycles. The molecule has 6 heteroatoms. The standard InChI is InChI=1S/C24H27N5O/c1-15-9-10-29(21-8-7-17(12-19(15)21)18-13-25-28(3)14-18)22-6-4-5-20-24(22)26-16(2)11-23(30)27-20/h4-8,12-16,26H,9-11H2,1-3H3,(H,27,30)/t15-,16-/m1/s1. The van der Waals surface area contributed by atoms with E-state index < -0.39 is 0 Å². The predicted octanol–water partition coefficient (Wildman–Crippen LogP) is 4.88. The smallest absolute Gasteiger partial charge is 0.226 e. The lowest BCUT2D eigenvalue weighted by atomic mass is 9.89. The van der Waals surface area contributed by atoms with Crippen LogP contribution in [0.3, 0.4) is 0 Å². The lowest BCUT2D eigenvalue weighted by Crippen LogP contribution is -2.27. The van der Waals surface area contributed by atoms with Gasteiger partial charge in [0.25, 0.3) is 0 Å². The van der Waals surface area contributed by atoms with Gasteiger partial charge in [-0.2, -0.15) is 5.10 Å². The molecule has 0 bridgehead atoms. The van der Waals surface area contributed by atoms with E-state index in [9.17, 15) is 4.79 Å². The van der Waals surface area contributed by atoms with Gasteiger partial charge in [0, 0.05) is 43.5 Å². The Hall–Kier alpha value is -3.28. The third-order valence-corrected chi connectivity index (χ3v) is 6.16. The van der Waals surface area contributed by atoms with Crippen LogP contribution in [-0.4, -0.2) is 28.3 Å². The summed E-state index contributed by atoms with van der Waals surface area (Å²) in [5.41, 5.74) is 7.90. The summed E-state index contributed by atoms with van der Waals surface area (Å²) in [4.78, 5) is 14.6. The summed E-state index contributed by atoms with van der Waals surface area (Å²) in [5.74, 6) is 0.543. The average molecular weight is 402 g/mol. The molecule has 2 N–H and O–H groups in total. The van der Waals surface area contributed by atoms with E-state index in [2.05, 4.69) is 64.9 Å². The number of aryl methyl sites for hydroxylation is 1. The third kappa shape index (κ3) is 3.22. The molecule has 0 saturated heterocycles. The van der Waals surface area contributed by atoms with E-state index in [-0.39, 0.29) is 11.9 Å². The number of aromatic nitrogens is 2. The van der Waals surface area contributed by atoms with Crippen molar-refractivity contribution in [3.63, 3.8) is 0 Å². The molecule has 0 fully saturated rings. The summed E-state index contributed by atoms with van der Waals surface area (Å²) in [6.45, 7) is 5.30. The number of hydrogen-bond acceptors (Lipinski definition) is 4. The highest BCUT2D eigenvalue weighted by Gasteiger charge is 2.28. The van der Waals surface area contributed by atoms with Crippen molar-refractivity contribution in [1.29, 1.82) is 0 Å². The van der Waals surface area contributed by atoms with E-state index in [1.54, 1.807) is 0 Å². The summed E-state index contributed by atoms with van der Waals surface area (Å²) in [6.07, 6.45) is 5.52. The van der Waals surface area contributed by atoms with Gasteiger partial charge in [-0.05, 0) is 54.7 Å². The lowest BCUT2D eigenvalue weighted by molar-refractivity contribution is -0.116. The molecule has 6 nitrogen and oxygen atoms in total. The first kappa shape index (κ1) is 18.7. The van der Waals surface area contributed by atoms with Crippen molar-refractivity contribution in [3.05, 3.63) is 54.4 Å². The summed E-state index contributed by atoms with van der Waals surface area (Å²) in [7, 11) is 1.94. The second-order valence-corrected chi connectivity index (χ2v) is 8.52. The number of fused-ring (bicyclic) bond motifs is 2. The Morgan fingerprint density at radius 2 is 1.97 bits per heavy atom. The van der Waals surface area contributed by atoms with Crippen LogP contribution in [-0.2, 0) is 11.8 Å². The van der Waals surface area contributed by atoms with Crippen LogP contribution in [0.4, 0.5) is 22.7 Å². The average Bonchev–Trinajstić information content (AvgIpc) is 3.09. The van der Waals surface area contributed by atoms with Crippen LogP contribution in [0, 0.1) is 0 Å². The van der Waals surface area contributed by atoms with E-state index in [1.807, 2.05) is 30.1 Å². The Kier molecular flexibility index (Phi) is 4.50. The van der Waals surface area contributed by atoms with Crippen LogP contribution in [0.2, 0.25) is 0 Å². The number of para-hydroxylation sites is 1. The molecule has 1 amide bonds. The van der Waals surface area contributed by atoms with Gasteiger partial charge >= 0.3 is 0 Å². The number of nitrogens with one attached hydrogen (secondary N) is 2. The fourth-order valence-corrected chi connectivity index (χ4v) is 4.59. The van der Waals surface area contributed by atoms with Crippen LogP contribution in [0.15, 0.2) is 48.8 Å². The van der Waals surface area contributed by atoms with Gasteiger partial charge in [-0.3, -0.25) is 9.48 Å². The van der Waals surface area contributed by atoms with E-state index in [4.69, 9.17) is 0 Å². The van der Waals surface area contributed by atoms with Gasteiger partial charge in [0.05, 0.1) is 23.3 Å². The van der Waals surface area contributed by atoms with Crippen molar-refractivity contribution in [2.45, 2.75) is 38.6 Å². The highest BCUT2D eigenvalue weighted by Crippen LogP contribution is 2.45. The fourth-order valence-electron chi connectivity index (χ4n) is 4.59. The summed E-state index contributed by atoms with van der Waals surface area (Å²) < 4.78 is 1.84. The maximum absolute atomic E-state index is 12.2. The van der Waals surface area contributed by atoms with Gasteiger partial charge < -0.3 is 15.5 Å². The van der Waals surface area contributed by atoms with Crippen LogP contribution >= 0.6 is 0 Å². The van der Waals surface area contributed by atoms with E-state index in [0.29, 0.717) is 12.3 Å². The molecular formula is C24H27N5O. The van der Waals surface area contributed by atoms with Crippen molar-refractivity contribution in [2.75, 3.05) is 22.1 Å². The van der Waals surface area contributed by atoms with Gasteiger partial charge in [0.15, 0.2) is 0 Å². The Morgan fingerprint density at radius 3 is 2.77 bits per heavy atom. The molecule has 0 radical (unpaired) electrons. The van der Waals surface area contributed by atoms with Crippen LogP contribution < -0.4 is 15.5 Å². The molecule has 2 atom stereocenters. The zero-order chi connectivity index (χ0) is 20.8. The van der Waals surface area contributed by atoms with Crippen molar-refractivity contribution in [3.8, 4) is 11.1 Å². The quantitative estimate of drug-likeness (QED) is 0.643. The first-order valence-corrected chi connectivity index (χ1v) is 10.6. The zero-order valence-electron chi connectivity index (χ0n) is 17.6. The molecule has 5 rings (SSSR count). The van der Waals surface area contributed by atoms with Gasteiger partial charge in [-0.25, -0.2) is 0 Å². The van der Waals surface area contributed by atoms with Gasteiger partial charge in [-0.15, -0.1) is 0 Å². The monoisotopic (exact) mass is 401 g/mol. The Labute approximate surface area is 176 Å². The van der Waals surface area contributed by atoms with Gasteiger partial charge in [0.2, 0.25) is 5.91 Å². The molecule has 3 heterocycles. The van der Waals surface area contributed by atoms with Crippen molar-refractivity contribution in [1.82, 2.24) is 9.78 Å². The number of carbonyl (C=O) groups excluding carboxylic acids is 1.